The third-order valence-corrected chi connectivity index (χ3v) is 6.54. The molecule has 2 aromatic heterocycles. The van der Waals surface area contributed by atoms with Gasteiger partial charge in [-0.25, -0.2) is 4.98 Å². The summed E-state index contributed by atoms with van der Waals surface area (Å²) in [5.74, 6) is 2.28. The molecule has 174 valence electrons. The number of rotatable bonds is 7. The fraction of sp³-hybridized carbons (Fsp3) is 0.296. The molecule has 0 aliphatic carbocycles. The van der Waals surface area contributed by atoms with Gasteiger partial charge in [-0.15, -0.1) is 0 Å². The van der Waals surface area contributed by atoms with Crippen LogP contribution in [0.5, 0.6) is 5.75 Å². The lowest BCUT2D eigenvalue weighted by atomic mass is 9.97. The standard InChI is InChI=1S/C27H27ClN4O2/c1-19-6-4-11-25(29-19)26-30-27(34-31-26)21-8-5-9-23(16-21)33-18-20-12-14-32(15-13-20)17-22-7-2-3-10-24(22)28/h2-11,16,20H,12-15,17-18H2,1H3. The highest BCUT2D eigenvalue weighted by atomic mass is 35.5. The third kappa shape index (κ3) is 5.46. The summed E-state index contributed by atoms with van der Waals surface area (Å²) in [4.78, 5) is 11.5. The Morgan fingerprint density at radius 2 is 1.82 bits per heavy atom. The molecule has 1 fully saturated rings. The lowest BCUT2D eigenvalue weighted by Gasteiger charge is -2.32. The number of aromatic nitrogens is 3. The van der Waals surface area contributed by atoms with Crippen molar-refractivity contribution in [3.8, 4) is 28.7 Å². The van der Waals surface area contributed by atoms with Crippen molar-refractivity contribution in [2.24, 2.45) is 5.92 Å². The SMILES string of the molecule is Cc1cccc(-c2noc(-c3cccc(OCC4CCN(Cc5ccccc5Cl)CC4)c3)n2)n1. The summed E-state index contributed by atoms with van der Waals surface area (Å²) in [5, 5.41) is 4.94. The zero-order chi connectivity index (χ0) is 23.3. The molecule has 3 heterocycles. The molecule has 4 aromatic rings. The zero-order valence-electron chi connectivity index (χ0n) is 19.2. The molecule has 6 nitrogen and oxygen atoms in total. The van der Waals surface area contributed by atoms with E-state index in [9.17, 15) is 0 Å². The highest BCUT2D eigenvalue weighted by Gasteiger charge is 2.20. The number of piperidine rings is 1. The van der Waals surface area contributed by atoms with Crippen LogP contribution in [-0.4, -0.2) is 39.7 Å². The monoisotopic (exact) mass is 474 g/mol. The number of ether oxygens (including phenoxy) is 1. The van der Waals surface area contributed by atoms with E-state index in [0.717, 1.165) is 54.5 Å². The Morgan fingerprint density at radius 1 is 1.00 bits per heavy atom. The van der Waals surface area contributed by atoms with Crippen molar-refractivity contribution in [2.45, 2.75) is 26.3 Å². The van der Waals surface area contributed by atoms with E-state index in [1.165, 1.54) is 5.56 Å². The summed E-state index contributed by atoms with van der Waals surface area (Å²) in [7, 11) is 0. The average molecular weight is 475 g/mol. The van der Waals surface area contributed by atoms with Gasteiger partial charge in [-0.05, 0) is 80.7 Å². The second kappa shape index (κ2) is 10.4. The van der Waals surface area contributed by atoms with Crippen LogP contribution in [0, 0.1) is 12.8 Å². The molecule has 0 N–H and O–H groups in total. The van der Waals surface area contributed by atoms with Gasteiger partial charge in [0.25, 0.3) is 5.89 Å². The third-order valence-electron chi connectivity index (χ3n) is 6.17. The second-order valence-corrected chi connectivity index (χ2v) is 9.14. The van der Waals surface area contributed by atoms with E-state index in [-0.39, 0.29) is 0 Å². The lowest BCUT2D eigenvalue weighted by Crippen LogP contribution is -2.35. The largest absolute Gasteiger partial charge is 0.493 e. The van der Waals surface area contributed by atoms with Gasteiger partial charge in [-0.1, -0.05) is 47.1 Å². The van der Waals surface area contributed by atoms with Crippen molar-refractivity contribution in [1.29, 1.82) is 0 Å². The molecule has 0 saturated carbocycles. The molecule has 0 unspecified atom stereocenters. The molecule has 0 radical (unpaired) electrons. The molecule has 5 rings (SSSR count). The lowest BCUT2D eigenvalue weighted by molar-refractivity contribution is 0.137. The molecule has 7 heteroatoms. The van der Waals surface area contributed by atoms with E-state index in [1.54, 1.807) is 0 Å². The average Bonchev–Trinajstić information content (AvgIpc) is 3.36. The van der Waals surface area contributed by atoms with Crippen molar-refractivity contribution >= 4 is 11.6 Å². The van der Waals surface area contributed by atoms with Crippen LogP contribution < -0.4 is 4.74 Å². The summed E-state index contributed by atoms with van der Waals surface area (Å²) < 4.78 is 11.6. The van der Waals surface area contributed by atoms with Crippen molar-refractivity contribution in [2.75, 3.05) is 19.7 Å². The normalized spacial score (nSPS) is 14.9. The second-order valence-electron chi connectivity index (χ2n) is 8.74. The van der Waals surface area contributed by atoms with Gasteiger partial charge in [0.2, 0.25) is 5.82 Å². The topological polar surface area (TPSA) is 64.3 Å². The summed E-state index contributed by atoms with van der Waals surface area (Å²) in [6, 6.07) is 21.6. The first kappa shape index (κ1) is 22.6. The Bertz CT molecular complexity index is 1250. The Kier molecular flexibility index (Phi) is 6.88. The number of likely N-dealkylation sites (tertiary alicyclic amines) is 1. The number of aryl methyl sites for hydroxylation is 1. The van der Waals surface area contributed by atoms with Gasteiger partial charge in [-0.2, -0.15) is 4.98 Å². The first-order valence-electron chi connectivity index (χ1n) is 11.6. The minimum Gasteiger partial charge on any atom is -0.493 e. The van der Waals surface area contributed by atoms with Crippen LogP contribution in [0.25, 0.3) is 23.0 Å². The molecule has 1 saturated heterocycles. The minimum absolute atomic E-state index is 0.455. The summed E-state index contributed by atoms with van der Waals surface area (Å²) in [6.45, 7) is 5.65. The first-order valence-corrected chi connectivity index (χ1v) is 12.0. The van der Waals surface area contributed by atoms with Crippen LogP contribution in [-0.2, 0) is 6.54 Å². The van der Waals surface area contributed by atoms with Crippen LogP contribution in [0.15, 0.2) is 71.3 Å². The van der Waals surface area contributed by atoms with Gasteiger partial charge in [-0.3, -0.25) is 4.90 Å². The van der Waals surface area contributed by atoms with Gasteiger partial charge in [0, 0.05) is 22.8 Å². The highest BCUT2D eigenvalue weighted by Crippen LogP contribution is 2.27. The quantitative estimate of drug-likeness (QED) is 0.325. The Morgan fingerprint density at radius 3 is 2.65 bits per heavy atom. The predicted octanol–water partition coefficient (Wildman–Crippen LogP) is 6.05. The van der Waals surface area contributed by atoms with E-state index in [1.807, 2.05) is 67.6 Å². The predicted molar refractivity (Wildman–Crippen MR) is 133 cm³/mol. The molecule has 0 bridgehead atoms. The zero-order valence-corrected chi connectivity index (χ0v) is 19.9. The minimum atomic E-state index is 0.455. The van der Waals surface area contributed by atoms with E-state index < -0.39 is 0 Å². The van der Waals surface area contributed by atoms with E-state index >= 15 is 0 Å². The van der Waals surface area contributed by atoms with Crippen molar-refractivity contribution in [1.82, 2.24) is 20.0 Å². The molecule has 1 aliphatic heterocycles. The fourth-order valence-electron chi connectivity index (χ4n) is 4.22. The van der Waals surface area contributed by atoms with Crippen LogP contribution in [0.1, 0.15) is 24.1 Å². The molecule has 34 heavy (non-hydrogen) atoms. The number of halogens is 1. The maximum absolute atomic E-state index is 6.32. The van der Waals surface area contributed by atoms with Gasteiger partial charge in [0.1, 0.15) is 11.4 Å². The van der Waals surface area contributed by atoms with Crippen molar-refractivity contribution in [3.63, 3.8) is 0 Å². The highest BCUT2D eigenvalue weighted by molar-refractivity contribution is 6.31. The summed E-state index contributed by atoms with van der Waals surface area (Å²) in [6.07, 6.45) is 2.22. The molecular formula is C27H27ClN4O2. The molecular weight excluding hydrogens is 448 g/mol. The molecule has 2 aromatic carbocycles. The molecule has 0 spiro atoms. The van der Waals surface area contributed by atoms with E-state index in [0.29, 0.717) is 29.9 Å². The van der Waals surface area contributed by atoms with Gasteiger partial charge in [0.05, 0.1) is 6.61 Å². The molecule has 0 atom stereocenters. The van der Waals surface area contributed by atoms with Crippen LogP contribution in [0.4, 0.5) is 0 Å². The Balaban J connectivity index is 1.15. The van der Waals surface area contributed by atoms with Gasteiger partial charge < -0.3 is 9.26 Å². The van der Waals surface area contributed by atoms with E-state index in [2.05, 4.69) is 26.1 Å². The van der Waals surface area contributed by atoms with Crippen LogP contribution >= 0.6 is 11.6 Å². The first-order chi connectivity index (χ1) is 16.6. The number of benzene rings is 2. The summed E-state index contributed by atoms with van der Waals surface area (Å²) in [5.41, 5.74) is 3.63. The maximum atomic E-state index is 6.32. The van der Waals surface area contributed by atoms with E-state index in [4.69, 9.17) is 20.9 Å². The smallest absolute Gasteiger partial charge is 0.258 e. The van der Waals surface area contributed by atoms with Crippen LogP contribution in [0.3, 0.4) is 0 Å². The number of hydrogen-bond donors (Lipinski definition) is 0. The van der Waals surface area contributed by atoms with Crippen molar-refractivity contribution in [3.05, 3.63) is 83.0 Å². The van der Waals surface area contributed by atoms with Gasteiger partial charge >= 0.3 is 0 Å². The van der Waals surface area contributed by atoms with Crippen molar-refractivity contribution < 1.29 is 9.26 Å². The maximum Gasteiger partial charge on any atom is 0.258 e. The summed E-state index contributed by atoms with van der Waals surface area (Å²) >= 11 is 6.32. The number of pyridine rings is 1. The fourth-order valence-corrected chi connectivity index (χ4v) is 4.42. The number of hydrogen-bond acceptors (Lipinski definition) is 6. The number of nitrogens with zero attached hydrogens (tertiary/aromatic N) is 4. The Labute approximate surface area is 204 Å². The Hall–Kier alpha value is -3.22. The van der Waals surface area contributed by atoms with Gasteiger partial charge in [0.15, 0.2) is 0 Å². The van der Waals surface area contributed by atoms with Crippen LogP contribution in [0.2, 0.25) is 5.02 Å². The molecule has 0 amide bonds. The molecule has 1 aliphatic rings.